The number of aliphatic carboxylic acids is 1. The van der Waals surface area contributed by atoms with Crippen LogP contribution in [0.2, 0.25) is 0 Å². The van der Waals surface area contributed by atoms with Gasteiger partial charge in [-0.15, -0.1) is 11.3 Å². The third-order valence-corrected chi connectivity index (χ3v) is 7.25. The van der Waals surface area contributed by atoms with Crippen LogP contribution in [0.25, 0.3) is 10.4 Å². The van der Waals surface area contributed by atoms with Gasteiger partial charge in [0.2, 0.25) is 17.7 Å². The maximum Gasteiger partial charge on any atom is 0.303 e. The smallest absolute Gasteiger partial charge is 0.303 e. The van der Waals surface area contributed by atoms with Crippen LogP contribution in [0.5, 0.6) is 0 Å². The molecule has 0 bridgehead atoms. The molecule has 37 heavy (non-hydrogen) atoms. The monoisotopic (exact) mass is 530 g/mol. The Morgan fingerprint density at radius 1 is 1.16 bits per heavy atom. The molecular weight excluding hydrogens is 496 g/mol. The number of hydrogen-bond acceptors (Lipinski definition) is 7. The van der Waals surface area contributed by atoms with Crippen LogP contribution in [0.15, 0.2) is 29.8 Å². The van der Waals surface area contributed by atoms with Crippen molar-refractivity contribution in [3.63, 3.8) is 0 Å². The van der Waals surface area contributed by atoms with Crippen molar-refractivity contribution in [1.29, 1.82) is 0 Å². The number of β-amino-alcohol motifs (C(OH)–C–C–N with tert-alkyl or cyclic N) is 1. The molecule has 200 valence electrons. The van der Waals surface area contributed by atoms with E-state index in [-0.39, 0.29) is 32.4 Å². The van der Waals surface area contributed by atoms with Crippen molar-refractivity contribution in [2.45, 2.75) is 71.7 Å². The summed E-state index contributed by atoms with van der Waals surface area (Å²) < 4.78 is 0. The summed E-state index contributed by atoms with van der Waals surface area (Å²) in [5.41, 5.74) is 3.98. The van der Waals surface area contributed by atoms with Gasteiger partial charge < -0.3 is 25.7 Å². The molecule has 4 N–H and O–H groups in total. The number of carboxylic acid groups (broad SMARTS) is 1. The first-order valence-corrected chi connectivity index (χ1v) is 13.0. The molecule has 2 aromatic rings. The summed E-state index contributed by atoms with van der Waals surface area (Å²) in [6.45, 7) is 7.49. The number of aliphatic hydroxyl groups is 1. The van der Waals surface area contributed by atoms with Gasteiger partial charge in [-0.1, -0.05) is 45.0 Å². The first kappa shape index (κ1) is 28.3. The Morgan fingerprint density at radius 2 is 1.84 bits per heavy atom. The lowest BCUT2D eigenvalue weighted by Crippen LogP contribution is -2.57. The average Bonchev–Trinajstić information content (AvgIpc) is 3.44. The van der Waals surface area contributed by atoms with E-state index < -0.39 is 47.3 Å². The van der Waals surface area contributed by atoms with Crippen LogP contribution in [-0.4, -0.2) is 68.5 Å². The number of carbonyl (C=O) groups is 4. The molecule has 1 aliphatic heterocycles. The van der Waals surface area contributed by atoms with Gasteiger partial charge in [0.15, 0.2) is 0 Å². The lowest BCUT2D eigenvalue weighted by molar-refractivity contribution is -0.144. The number of carbonyl (C=O) groups excluding carboxylic acids is 3. The predicted molar refractivity (Wildman–Crippen MR) is 139 cm³/mol. The molecule has 0 aliphatic carbocycles. The van der Waals surface area contributed by atoms with E-state index in [0.29, 0.717) is 0 Å². The van der Waals surface area contributed by atoms with Gasteiger partial charge in [0.1, 0.15) is 12.1 Å². The number of rotatable bonds is 9. The van der Waals surface area contributed by atoms with Gasteiger partial charge in [-0.25, -0.2) is 4.98 Å². The summed E-state index contributed by atoms with van der Waals surface area (Å²) in [5, 5.41) is 24.6. The van der Waals surface area contributed by atoms with Crippen molar-refractivity contribution in [3.05, 3.63) is 41.0 Å². The molecule has 1 unspecified atom stereocenters. The highest BCUT2D eigenvalue weighted by atomic mass is 32.1. The molecule has 2 heterocycles. The second-order valence-corrected chi connectivity index (χ2v) is 11.2. The summed E-state index contributed by atoms with van der Waals surface area (Å²) in [6, 6.07) is 5.91. The standard InChI is InChI=1S/C26H34N4O6S/c1-15-22(37-14-28-15)17-7-5-16(6-8-17)12-27-24(35)19-11-18(31)13-30(19)25(36)23(26(2,3)4)29-20(32)9-10-21(33)34/h5-8,14,18-19,23,31H,9-13H2,1-4H3,(H,27,35)(H,29,32)(H,33,34)/t18-,19+,23?/m1/s1. The Labute approximate surface area is 220 Å². The van der Waals surface area contributed by atoms with Crippen LogP contribution >= 0.6 is 11.3 Å². The van der Waals surface area contributed by atoms with E-state index in [2.05, 4.69) is 15.6 Å². The van der Waals surface area contributed by atoms with E-state index in [1.54, 1.807) is 37.6 Å². The highest BCUT2D eigenvalue weighted by molar-refractivity contribution is 7.13. The molecule has 1 aromatic carbocycles. The number of amides is 3. The number of benzene rings is 1. The van der Waals surface area contributed by atoms with Gasteiger partial charge in [-0.3, -0.25) is 19.2 Å². The molecule has 0 spiro atoms. The van der Waals surface area contributed by atoms with Crippen molar-refractivity contribution >= 4 is 35.0 Å². The number of carboxylic acids is 1. The summed E-state index contributed by atoms with van der Waals surface area (Å²) in [4.78, 5) is 56.3. The van der Waals surface area contributed by atoms with E-state index >= 15 is 0 Å². The Bertz CT molecular complexity index is 1140. The van der Waals surface area contributed by atoms with Crippen LogP contribution < -0.4 is 10.6 Å². The van der Waals surface area contributed by atoms with E-state index in [4.69, 9.17) is 5.11 Å². The second-order valence-electron chi connectivity index (χ2n) is 10.3. The molecule has 3 atom stereocenters. The molecule has 1 aromatic heterocycles. The van der Waals surface area contributed by atoms with Crippen molar-refractivity contribution in [2.24, 2.45) is 5.41 Å². The molecule has 3 rings (SSSR count). The molecule has 0 radical (unpaired) electrons. The van der Waals surface area contributed by atoms with E-state index in [1.807, 2.05) is 31.2 Å². The summed E-state index contributed by atoms with van der Waals surface area (Å²) >= 11 is 1.56. The number of hydrogen-bond donors (Lipinski definition) is 4. The van der Waals surface area contributed by atoms with Gasteiger partial charge in [0.05, 0.1) is 28.6 Å². The third-order valence-electron chi connectivity index (χ3n) is 6.28. The first-order chi connectivity index (χ1) is 17.4. The number of thiazole rings is 1. The van der Waals surface area contributed by atoms with Gasteiger partial charge >= 0.3 is 5.97 Å². The van der Waals surface area contributed by atoms with Gasteiger partial charge in [0.25, 0.3) is 0 Å². The molecule has 10 nitrogen and oxygen atoms in total. The highest BCUT2D eigenvalue weighted by Crippen LogP contribution is 2.28. The summed E-state index contributed by atoms with van der Waals surface area (Å²) in [7, 11) is 0. The van der Waals surface area contributed by atoms with Crippen LogP contribution in [0.1, 0.15) is 51.3 Å². The van der Waals surface area contributed by atoms with Gasteiger partial charge in [-0.05, 0) is 23.5 Å². The number of aromatic nitrogens is 1. The number of nitrogens with one attached hydrogen (secondary N) is 2. The molecule has 1 saturated heterocycles. The van der Waals surface area contributed by atoms with Crippen LogP contribution in [-0.2, 0) is 25.7 Å². The van der Waals surface area contributed by atoms with Crippen LogP contribution in [0.4, 0.5) is 0 Å². The number of likely N-dealkylation sites (tertiary alicyclic amines) is 1. The average molecular weight is 531 g/mol. The fourth-order valence-electron chi connectivity index (χ4n) is 4.23. The van der Waals surface area contributed by atoms with Crippen LogP contribution in [0, 0.1) is 12.3 Å². The second kappa shape index (κ2) is 11.8. The maximum atomic E-state index is 13.5. The minimum absolute atomic E-state index is 0.0304. The number of nitrogens with zero attached hydrogens (tertiary/aromatic N) is 2. The summed E-state index contributed by atoms with van der Waals surface area (Å²) in [6.07, 6.45) is -1.39. The maximum absolute atomic E-state index is 13.5. The van der Waals surface area contributed by atoms with Crippen molar-refractivity contribution in [1.82, 2.24) is 20.5 Å². The van der Waals surface area contributed by atoms with Crippen molar-refractivity contribution < 1.29 is 29.4 Å². The van der Waals surface area contributed by atoms with Gasteiger partial charge in [0, 0.05) is 25.9 Å². The topological polar surface area (TPSA) is 149 Å². The molecule has 1 fully saturated rings. The highest BCUT2D eigenvalue weighted by Gasteiger charge is 2.44. The zero-order valence-corrected chi connectivity index (χ0v) is 22.3. The largest absolute Gasteiger partial charge is 0.481 e. The molecule has 3 amide bonds. The normalized spacial score (nSPS) is 18.4. The minimum Gasteiger partial charge on any atom is -0.481 e. The number of aryl methyl sites for hydroxylation is 1. The number of aliphatic hydroxyl groups excluding tert-OH is 1. The van der Waals surface area contributed by atoms with Crippen molar-refractivity contribution in [3.8, 4) is 10.4 Å². The first-order valence-electron chi connectivity index (χ1n) is 12.1. The SMILES string of the molecule is Cc1ncsc1-c1ccc(CNC(=O)[C@@H]2C[C@@H](O)CN2C(=O)C(NC(=O)CCC(=O)O)C(C)(C)C)cc1. The predicted octanol–water partition coefficient (Wildman–Crippen LogP) is 2.09. The third kappa shape index (κ3) is 7.36. The Kier molecular flexibility index (Phi) is 9.03. The fraction of sp³-hybridized carbons (Fsp3) is 0.500. The molecule has 0 saturated carbocycles. The van der Waals surface area contributed by atoms with Crippen LogP contribution in [0.3, 0.4) is 0 Å². The molecular formula is C26H34N4O6S. The summed E-state index contributed by atoms with van der Waals surface area (Å²) in [5.74, 6) is -2.55. The van der Waals surface area contributed by atoms with E-state index in [0.717, 1.165) is 21.7 Å². The Morgan fingerprint density at radius 3 is 2.41 bits per heavy atom. The Balaban J connectivity index is 1.66. The lowest BCUT2D eigenvalue weighted by atomic mass is 9.85. The Hall–Kier alpha value is -3.31. The van der Waals surface area contributed by atoms with Crippen molar-refractivity contribution in [2.75, 3.05) is 6.54 Å². The lowest BCUT2D eigenvalue weighted by Gasteiger charge is -2.35. The minimum atomic E-state index is -1.11. The molecule has 1 aliphatic rings. The van der Waals surface area contributed by atoms with E-state index in [1.165, 1.54) is 4.90 Å². The van der Waals surface area contributed by atoms with E-state index in [9.17, 15) is 24.3 Å². The zero-order chi connectivity index (χ0) is 27.3. The zero-order valence-electron chi connectivity index (χ0n) is 21.5. The quantitative estimate of drug-likeness (QED) is 0.388. The van der Waals surface area contributed by atoms with Gasteiger partial charge in [-0.2, -0.15) is 0 Å². The fourth-order valence-corrected chi connectivity index (χ4v) is 5.05. The molecule has 11 heteroatoms.